The van der Waals surface area contributed by atoms with Crippen LogP contribution in [0.2, 0.25) is 0 Å². The molecule has 0 saturated carbocycles. The zero-order valence-electron chi connectivity index (χ0n) is 25.2. The first-order valence-electron chi connectivity index (χ1n) is 14.1. The molecule has 2 aliphatic heterocycles. The van der Waals surface area contributed by atoms with Crippen LogP contribution in [0.3, 0.4) is 0 Å². The van der Waals surface area contributed by atoms with Crippen molar-refractivity contribution in [2.45, 2.75) is 19.4 Å². The van der Waals surface area contributed by atoms with Crippen molar-refractivity contribution in [3.05, 3.63) is 105 Å². The second-order valence-electron chi connectivity index (χ2n) is 10.4. The topological polar surface area (TPSA) is 130 Å². The molecule has 0 radical (unpaired) electrons. The summed E-state index contributed by atoms with van der Waals surface area (Å²) >= 11 is 0.781. The molecule has 10 nitrogen and oxygen atoms in total. The van der Waals surface area contributed by atoms with Gasteiger partial charge in [-0.15, -0.1) is 0 Å². The van der Waals surface area contributed by atoms with E-state index in [4.69, 9.17) is 19.4 Å². The fourth-order valence-corrected chi connectivity index (χ4v) is 6.44. The SMILES string of the molecule is CCN(CC)c1ccc2cc(C3=CC4(c5ccc(N(C)C)cc5O3)c3cc(C=O)ccc3C(=O)N4SN)c(=O)oc2c1.CO. The van der Waals surface area contributed by atoms with E-state index in [0.717, 1.165) is 55.4 Å². The van der Waals surface area contributed by atoms with Crippen molar-refractivity contribution in [2.24, 2.45) is 5.14 Å². The van der Waals surface area contributed by atoms with Gasteiger partial charge in [0.15, 0.2) is 0 Å². The van der Waals surface area contributed by atoms with Gasteiger partial charge in [-0.1, -0.05) is 12.1 Å². The number of amides is 1. The van der Waals surface area contributed by atoms with Gasteiger partial charge < -0.3 is 24.1 Å². The number of anilines is 2. The molecule has 3 aromatic carbocycles. The Hall–Kier alpha value is -4.58. The van der Waals surface area contributed by atoms with Crippen LogP contribution in [0, 0.1) is 0 Å². The number of ether oxygens (including phenoxy) is 1. The van der Waals surface area contributed by atoms with Crippen LogP contribution in [0.15, 0.2) is 76.0 Å². The number of aldehydes is 1. The molecule has 0 saturated heterocycles. The number of nitrogens with zero attached hydrogens (tertiary/aromatic N) is 3. The maximum Gasteiger partial charge on any atom is 0.347 e. The molecule has 228 valence electrons. The molecule has 2 aliphatic rings. The number of nitrogens with two attached hydrogens (primary N) is 1. The molecule has 6 rings (SSSR count). The summed E-state index contributed by atoms with van der Waals surface area (Å²) in [6.07, 6.45) is 2.46. The smallest absolute Gasteiger partial charge is 0.347 e. The van der Waals surface area contributed by atoms with Crippen molar-refractivity contribution in [1.82, 2.24) is 4.31 Å². The molecule has 0 aliphatic carbocycles. The maximum absolute atomic E-state index is 13.7. The zero-order chi connectivity index (χ0) is 31.8. The standard InChI is InChI=1S/C32H30N4O5S.CH4O/c1-5-35(6-2)22-9-8-20-14-24(31(39)41-27(20)16-22)29-17-32(25-12-10-21(34(3)4)15-28(25)40-29)26-13-19(18-37)7-11-23(26)30(38)36(32)42-33;1-2/h7-18H,5-6,33H2,1-4H3;2H,1H3. The van der Waals surface area contributed by atoms with Crippen molar-refractivity contribution in [2.75, 3.05) is 44.1 Å². The number of fused-ring (bicyclic) bond motifs is 5. The molecular weight excluding hydrogens is 580 g/mol. The molecule has 0 bridgehead atoms. The summed E-state index contributed by atoms with van der Waals surface area (Å²) in [6, 6.07) is 18.1. The van der Waals surface area contributed by atoms with Gasteiger partial charge in [0.1, 0.15) is 34.5 Å². The summed E-state index contributed by atoms with van der Waals surface area (Å²) < 4.78 is 13.7. The highest BCUT2D eigenvalue weighted by atomic mass is 32.2. The highest BCUT2D eigenvalue weighted by Crippen LogP contribution is 2.54. The van der Waals surface area contributed by atoms with E-state index in [9.17, 15) is 14.4 Å². The summed E-state index contributed by atoms with van der Waals surface area (Å²) in [5.74, 6) is 0.355. The molecule has 3 N–H and O–H groups in total. The van der Waals surface area contributed by atoms with Crippen molar-refractivity contribution >= 4 is 52.4 Å². The van der Waals surface area contributed by atoms with Gasteiger partial charge in [0.2, 0.25) is 0 Å². The van der Waals surface area contributed by atoms with Gasteiger partial charge >= 0.3 is 5.63 Å². The number of carbonyl (C=O) groups excluding carboxylic acids is 2. The van der Waals surface area contributed by atoms with E-state index >= 15 is 0 Å². The molecule has 44 heavy (non-hydrogen) atoms. The van der Waals surface area contributed by atoms with Crippen LogP contribution in [-0.4, -0.2) is 55.9 Å². The number of hydrogen-bond acceptors (Lipinski definition) is 10. The second kappa shape index (κ2) is 12.2. The zero-order valence-corrected chi connectivity index (χ0v) is 26.0. The molecule has 3 heterocycles. The summed E-state index contributed by atoms with van der Waals surface area (Å²) in [5.41, 5.74) is 2.69. The first-order chi connectivity index (χ1) is 21.2. The van der Waals surface area contributed by atoms with Crippen molar-refractivity contribution < 1.29 is 23.8 Å². The van der Waals surface area contributed by atoms with Crippen LogP contribution >= 0.6 is 12.1 Å². The van der Waals surface area contributed by atoms with Gasteiger partial charge in [-0.25, -0.2) is 4.79 Å². The van der Waals surface area contributed by atoms with Crippen LogP contribution in [0.1, 0.15) is 51.3 Å². The molecule has 4 aromatic rings. The number of aliphatic hydroxyl groups is 1. The third kappa shape index (κ3) is 4.83. The van der Waals surface area contributed by atoms with Gasteiger partial charge in [-0.2, -0.15) is 0 Å². The molecule has 1 unspecified atom stereocenters. The lowest BCUT2D eigenvalue weighted by molar-refractivity contribution is 0.0846. The van der Waals surface area contributed by atoms with Gasteiger partial charge in [0.05, 0.1) is 0 Å². The lowest BCUT2D eigenvalue weighted by Crippen LogP contribution is -2.42. The minimum absolute atomic E-state index is 0.202. The average Bonchev–Trinajstić information content (AvgIpc) is 3.27. The van der Waals surface area contributed by atoms with E-state index in [1.54, 1.807) is 30.3 Å². The third-order valence-corrected chi connectivity index (χ3v) is 8.66. The summed E-state index contributed by atoms with van der Waals surface area (Å²) in [4.78, 5) is 43.1. The minimum atomic E-state index is -1.26. The lowest BCUT2D eigenvalue weighted by atomic mass is 9.80. The Bertz CT molecular complexity index is 1850. The lowest BCUT2D eigenvalue weighted by Gasteiger charge is -2.39. The van der Waals surface area contributed by atoms with Crippen LogP contribution in [0.25, 0.3) is 16.7 Å². The summed E-state index contributed by atoms with van der Waals surface area (Å²) in [5, 5.41) is 13.9. The highest BCUT2D eigenvalue weighted by Gasteiger charge is 2.54. The maximum atomic E-state index is 13.7. The molecule has 1 atom stereocenters. The van der Waals surface area contributed by atoms with Crippen molar-refractivity contribution in [3.63, 3.8) is 0 Å². The molecule has 0 fully saturated rings. The van der Waals surface area contributed by atoms with Crippen LogP contribution in [-0.2, 0) is 5.54 Å². The summed E-state index contributed by atoms with van der Waals surface area (Å²) in [6.45, 7) is 5.79. The summed E-state index contributed by atoms with van der Waals surface area (Å²) in [7, 11) is 4.82. The fraction of sp³-hybridized carbons (Fsp3) is 0.242. The van der Waals surface area contributed by atoms with E-state index in [1.807, 2.05) is 55.4 Å². The highest BCUT2D eigenvalue weighted by molar-refractivity contribution is 7.95. The number of rotatable bonds is 7. The quantitative estimate of drug-likeness (QED) is 0.170. The predicted molar refractivity (Wildman–Crippen MR) is 174 cm³/mol. The Kier molecular flexibility index (Phi) is 8.55. The first kappa shape index (κ1) is 30.9. The average molecular weight is 615 g/mol. The van der Waals surface area contributed by atoms with Crippen LogP contribution < -0.4 is 25.3 Å². The van der Waals surface area contributed by atoms with Gasteiger partial charge in [0, 0.05) is 97.6 Å². The normalized spacial score (nSPS) is 16.5. The number of aliphatic hydroxyl groups excluding tert-OH is 1. The molecule has 1 amide bonds. The van der Waals surface area contributed by atoms with Gasteiger partial charge in [0.25, 0.3) is 5.91 Å². The Morgan fingerprint density at radius 3 is 2.32 bits per heavy atom. The van der Waals surface area contributed by atoms with E-state index < -0.39 is 11.2 Å². The largest absolute Gasteiger partial charge is 0.456 e. The predicted octanol–water partition coefficient (Wildman–Crippen LogP) is 4.78. The van der Waals surface area contributed by atoms with Gasteiger partial charge in [-0.3, -0.25) is 19.0 Å². The molecule has 1 aromatic heterocycles. The Balaban J connectivity index is 0.00000188. The van der Waals surface area contributed by atoms with Crippen molar-refractivity contribution in [1.29, 1.82) is 0 Å². The Labute approximate surface area is 259 Å². The van der Waals surface area contributed by atoms with Crippen LogP contribution in [0.5, 0.6) is 5.75 Å². The van der Waals surface area contributed by atoms with E-state index in [0.29, 0.717) is 33.6 Å². The number of benzene rings is 3. The van der Waals surface area contributed by atoms with Crippen LogP contribution in [0.4, 0.5) is 11.4 Å². The fourth-order valence-electron chi connectivity index (χ4n) is 5.83. The Morgan fingerprint density at radius 1 is 0.932 bits per heavy atom. The van der Waals surface area contributed by atoms with E-state index in [1.165, 1.54) is 4.31 Å². The van der Waals surface area contributed by atoms with E-state index in [-0.39, 0.29) is 17.2 Å². The van der Waals surface area contributed by atoms with E-state index in [2.05, 4.69) is 18.7 Å². The first-order valence-corrected chi connectivity index (χ1v) is 14.9. The van der Waals surface area contributed by atoms with Gasteiger partial charge in [-0.05, 0) is 56.3 Å². The minimum Gasteiger partial charge on any atom is -0.456 e. The second-order valence-corrected chi connectivity index (χ2v) is 11.0. The number of carbonyl (C=O) groups is 2. The van der Waals surface area contributed by atoms with Crippen molar-refractivity contribution in [3.8, 4) is 5.75 Å². The Morgan fingerprint density at radius 2 is 1.66 bits per heavy atom. The third-order valence-electron chi connectivity index (χ3n) is 8.00. The molecule has 11 heteroatoms. The molecular formula is C33H34N4O6S. The number of hydrogen-bond donors (Lipinski definition) is 2. The monoisotopic (exact) mass is 614 g/mol. The molecule has 1 spiro atoms.